The van der Waals surface area contributed by atoms with Gasteiger partial charge in [0.1, 0.15) is 0 Å². The van der Waals surface area contributed by atoms with Crippen LogP contribution in [0.5, 0.6) is 0 Å². The SMILES string of the molecule is O=C(CN1CCN(C(=O)C2CCOCC2)CC1)N1CCCC1. The van der Waals surface area contributed by atoms with Crippen LogP contribution in [0.3, 0.4) is 0 Å². The van der Waals surface area contributed by atoms with Crippen molar-refractivity contribution in [3.05, 3.63) is 0 Å². The van der Waals surface area contributed by atoms with Crippen LogP contribution in [-0.2, 0) is 14.3 Å². The lowest BCUT2D eigenvalue weighted by Gasteiger charge is -2.37. The van der Waals surface area contributed by atoms with Crippen LogP contribution in [0, 0.1) is 5.92 Å². The highest BCUT2D eigenvalue weighted by atomic mass is 16.5. The molecule has 0 bridgehead atoms. The van der Waals surface area contributed by atoms with Crippen LogP contribution >= 0.6 is 0 Å². The van der Waals surface area contributed by atoms with Crippen LogP contribution in [0.15, 0.2) is 0 Å². The summed E-state index contributed by atoms with van der Waals surface area (Å²) < 4.78 is 5.33. The summed E-state index contributed by atoms with van der Waals surface area (Å²) in [5, 5.41) is 0. The van der Waals surface area contributed by atoms with Crippen LogP contribution in [0.25, 0.3) is 0 Å². The van der Waals surface area contributed by atoms with Crippen molar-refractivity contribution in [2.45, 2.75) is 25.7 Å². The zero-order valence-corrected chi connectivity index (χ0v) is 13.3. The molecule has 0 aliphatic carbocycles. The summed E-state index contributed by atoms with van der Waals surface area (Å²) in [5.74, 6) is 0.682. The number of hydrogen-bond acceptors (Lipinski definition) is 4. The molecule has 3 heterocycles. The van der Waals surface area contributed by atoms with Gasteiger partial charge in [0.25, 0.3) is 0 Å². The van der Waals surface area contributed by atoms with Crippen molar-refractivity contribution in [3.63, 3.8) is 0 Å². The summed E-state index contributed by atoms with van der Waals surface area (Å²) in [6.07, 6.45) is 3.98. The number of hydrogen-bond donors (Lipinski definition) is 0. The van der Waals surface area contributed by atoms with E-state index in [1.54, 1.807) is 0 Å². The molecule has 3 fully saturated rings. The van der Waals surface area contributed by atoms with Gasteiger partial charge in [-0.2, -0.15) is 0 Å². The first kappa shape index (κ1) is 15.7. The van der Waals surface area contributed by atoms with E-state index in [-0.39, 0.29) is 17.7 Å². The van der Waals surface area contributed by atoms with Crippen molar-refractivity contribution in [3.8, 4) is 0 Å². The first-order valence-corrected chi connectivity index (χ1v) is 8.61. The van der Waals surface area contributed by atoms with Crippen molar-refractivity contribution in [2.24, 2.45) is 5.92 Å². The number of piperazine rings is 1. The molecular formula is C16H27N3O3. The van der Waals surface area contributed by atoms with Gasteiger partial charge < -0.3 is 14.5 Å². The number of ether oxygens (including phenoxy) is 1. The molecule has 3 aliphatic rings. The third kappa shape index (κ3) is 3.79. The summed E-state index contributed by atoms with van der Waals surface area (Å²) >= 11 is 0. The van der Waals surface area contributed by atoms with Crippen LogP contribution in [0.2, 0.25) is 0 Å². The minimum atomic E-state index is 0.145. The normalized spacial score (nSPS) is 24.7. The fourth-order valence-electron chi connectivity index (χ4n) is 3.59. The van der Waals surface area contributed by atoms with Gasteiger partial charge in [0, 0.05) is 58.4 Å². The second-order valence-corrected chi connectivity index (χ2v) is 6.58. The van der Waals surface area contributed by atoms with Gasteiger partial charge >= 0.3 is 0 Å². The minimum absolute atomic E-state index is 0.145. The zero-order chi connectivity index (χ0) is 15.4. The summed E-state index contributed by atoms with van der Waals surface area (Å²) in [6, 6.07) is 0. The lowest BCUT2D eigenvalue weighted by Crippen LogP contribution is -2.52. The molecule has 2 amide bonds. The molecule has 124 valence electrons. The zero-order valence-electron chi connectivity index (χ0n) is 13.3. The molecule has 0 N–H and O–H groups in total. The maximum Gasteiger partial charge on any atom is 0.236 e. The fraction of sp³-hybridized carbons (Fsp3) is 0.875. The van der Waals surface area contributed by atoms with Crippen LogP contribution < -0.4 is 0 Å². The van der Waals surface area contributed by atoms with Gasteiger partial charge in [-0.05, 0) is 25.7 Å². The molecule has 22 heavy (non-hydrogen) atoms. The van der Waals surface area contributed by atoms with Gasteiger partial charge in [0.05, 0.1) is 6.54 Å². The summed E-state index contributed by atoms with van der Waals surface area (Å²) in [4.78, 5) is 30.8. The molecule has 3 aliphatic heterocycles. The Balaban J connectivity index is 1.41. The Labute approximate surface area is 132 Å². The van der Waals surface area contributed by atoms with Gasteiger partial charge in [0.2, 0.25) is 11.8 Å². The van der Waals surface area contributed by atoms with Crippen molar-refractivity contribution in [1.29, 1.82) is 0 Å². The Morgan fingerprint density at radius 1 is 0.864 bits per heavy atom. The topological polar surface area (TPSA) is 53.1 Å². The highest BCUT2D eigenvalue weighted by Crippen LogP contribution is 2.18. The minimum Gasteiger partial charge on any atom is -0.381 e. The Morgan fingerprint density at radius 3 is 2.14 bits per heavy atom. The quantitative estimate of drug-likeness (QED) is 0.746. The van der Waals surface area contributed by atoms with Crippen LogP contribution in [-0.4, -0.2) is 85.5 Å². The van der Waals surface area contributed by atoms with E-state index in [0.29, 0.717) is 19.8 Å². The van der Waals surface area contributed by atoms with Crippen molar-refractivity contribution < 1.29 is 14.3 Å². The van der Waals surface area contributed by atoms with E-state index in [0.717, 1.165) is 65.0 Å². The summed E-state index contributed by atoms with van der Waals surface area (Å²) in [7, 11) is 0. The largest absolute Gasteiger partial charge is 0.381 e. The molecule has 0 spiro atoms. The Bertz CT molecular complexity index is 395. The number of likely N-dealkylation sites (tertiary alicyclic amines) is 1. The molecule has 0 atom stereocenters. The third-order valence-corrected chi connectivity index (χ3v) is 5.07. The van der Waals surface area contributed by atoms with E-state index in [1.807, 2.05) is 9.80 Å². The average Bonchev–Trinajstić information content (AvgIpc) is 3.10. The third-order valence-electron chi connectivity index (χ3n) is 5.07. The molecule has 3 rings (SSSR count). The molecule has 3 saturated heterocycles. The molecule has 0 saturated carbocycles. The van der Waals surface area contributed by atoms with Crippen molar-refractivity contribution in [1.82, 2.24) is 14.7 Å². The molecule has 0 radical (unpaired) electrons. The van der Waals surface area contributed by atoms with Gasteiger partial charge in [-0.25, -0.2) is 0 Å². The van der Waals surface area contributed by atoms with E-state index >= 15 is 0 Å². The van der Waals surface area contributed by atoms with E-state index < -0.39 is 0 Å². The molecule has 0 aromatic carbocycles. The van der Waals surface area contributed by atoms with Crippen molar-refractivity contribution >= 4 is 11.8 Å². The molecule has 6 heteroatoms. The van der Waals surface area contributed by atoms with Crippen molar-refractivity contribution in [2.75, 3.05) is 59.0 Å². The molecule has 0 aromatic heterocycles. The standard InChI is InChI=1S/C16H27N3O3/c20-15(18-5-1-2-6-18)13-17-7-9-19(10-8-17)16(21)14-3-11-22-12-4-14/h14H,1-13H2. The van der Waals surface area contributed by atoms with E-state index in [1.165, 1.54) is 0 Å². The maximum absolute atomic E-state index is 12.5. The maximum atomic E-state index is 12.5. The summed E-state index contributed by atoms with van der Waals surface area (Å²) in [5.41, 5.74) is 0. The average molecular weight is 309 g/mol. The van der Waals surface area contributed by atoms with Crippen LogP contribution in [0.1, 0.15) is 25.7 Å². The van der Waals surface area contributed by atoms with Crippen LogP contribution in [0.4, 0.5) is 0 Å². The molecule has 0 aromatic rings. The van der Waals surface area contributed by atoms with E-state index in [4.69, 9.17) is 4.74 Å². The first-order valence-electron chi connectivity index (χ1n) is 8.61. The summed E-state index contributed by atoms with van der Waals surface area (Å²) in [6.45, 7) is 6.90. The van der Waals surface area contributed by atoms with Gasteiger partial charge in [-0.1, -0.05) is 0 Å². The lowest BCUT2D eigenvalue weighted by atomic mass is 9.98. The number of carbonyl (C=O) groups excluding carboxylic acids is 2. The second kappa shape index (κ2) is 7.42. The fourth-order valence-corrected chi connectivity index (χ4v) is 3.59. The van der Waals surface area contributed by atoms with Gasteiger partial charge in [-0.15, -0.1) is 0 Å². The predicted molar refractivity (Wildman–Crippen MR) is 82.4 cm³/mol. The Morgan fingerprint density at radius 2 is 1.50 bits per heavy atom. The van der Waals surface area contributed by atoms with Gasteiger partial charge in [0.15, 0.2) is 0 Å². The lowest BCUT2D eigenvalue weighted by molar-refractivity contribution is -0.140. The molecule has 0 unspecified atom stereocenters. The second-order valence-electron chi connectivity index (χ2n) is 6.58. The highest BCUT2D eigenvalue weighted by Gasteiger charge is 2.29. The van der Waals surface area contributed by atoms with E-state index in [2.05, 4.69) is 4.90 Å². The smallest absolute Gasteiger partial charge is 0.236 e. The number of carbonyl (C=O) groups is 2. The van der Waals surface area contributed by atoms with E-state index in [9.17, 15) is 9.59 Å². The highest BCUT2D eigenvalue weighted by molar-refractivity contribution is 5.79. The number of rotatable bonds is 3. The van der Waals surface area contributed by atoms with Gasteiger partial charge in [-0.3, -0.25) is 14.5 Å². The first-order chi connectivity index (χ1) is 10.7. The number of amides is 2. The Hall–Kier alpha value is -1.14. The Kier molecular flexibility index (Phi) is 5.31. The molecule has 6 nitrogen and oxygen atoms in total. The monoisotopic (exact) mass is 309 g/mol. The predicted octanol–water partition coefficient (Wildman–Crippen LogP) is 0.180. The molecular weight excluding hydrogens is 282 g/mol. The number of nitrogens with zero attached hydrogens (tertiary/aromatic N) is 3.